The highest BCUT2D eigenvalue weighted by Gasteiger charge is 2.06. The Labute approximate surface area is 102 Å². The lowest BCUT2D eigenvalue weighted by atomic mass is 10.1. The van der Waals surface area contributed by atoms with Gasteiger partial charge in [0, 0.05) is 18.8 Å². The third kappa shape index (κ3) is 6.38. The van der Waals surface area contributed by atoms with Crippen molar-refractivity contribution in [1.82, 2.24) is 5.32 Å². The zero-order valence-corrected chi connectivity index (χ0v) is 10.9. The second-order valence-electron chi connectivity index (χ2n) is 4.32. The van der Waals surface area contributed by atoms with Gasteiger partial charge in [-0.15, -0.1) is 0 Å². The average molecular weight is 259 g/mol. The fourth-order valence-corrected chi connectivity index (χ4v) is 2.03. The lowest BCUT2D eigenvalue weighted by molar-refractivity contribution is 0.555. The molecule has 0 saturated heterocycles. The normalized spacial score (nSPS) is 13.6. The van der Waals surface area contributed by atoms with Crippen molar-refractivity contribution in [3.05, 3.63) is 35.6 Å². The summed E-state index contributed by atoms with van der Waals surface area (Å²) < 4.78 is 34.5. The standard InChI is InChI=1S/C12H18FNO2S/c1-10(14-7-8-17(2,15)16)9-11-3-5-12(13)6-4-11/h3-6,10,14H,7-9H2,1-2H3. The van der Waals surface area contributed by atoms with Crippen LogP contribution in [0.25, 0.3) is 0 Å². The highest BCUT2D eigenvalue weighted by molar-refractivity contribution is 7.90. The molecule has 1 aromatic rings. The second-order valence-corrected chi connectivity index (χ2v) is 6.58. The van der Waals surface area contributed by atoms with E-state index in [1.807, 2.05) is 6.92 Å². The van der Waals surface area contributed by atoms with E-state index in [2.05, 4.69) is 5.32 Å². The molecule has 17 heavy (non-hydrogen) atoms. The number of halogens is 1. The van der Waals surface area contributed by atoms with Gasteiger partial charge in [0.1, 0.15) is 15.7 Å². The minimum absolute atomic E-state index is 0.140. The van der Waals surface area contributed by atoms with Crippen molar-refractivity contribution in [3.8, 4) is 0 Å². The summed E-state index contributed by atoms with van der Waals surface area (Å²) in [6.45, 7) is 2.42. The van der Waals surface area contributed by atoms with Crippen molar-refractivity contribution < 1.29 is 12.8 Å². The second kappa shape index (κ2) is 6.12. The van der Waals surface area contributed by atoms with Gasteiger partial charge >= 0.3 is 0 Å². The Morgan fingerprint density at radius 2 is 1.88 bits per heavy atom. The van der Waals surface area contributed by atoms with Gasteiger partial charge in [-0.3, -0.25) is 0 Å². The van der Waals surface area contributed by atoms with Crippen LogP contribution in [0.1, 0.15) is 12.5 Å². The van der Waals surface area contributed by atoms with Crippen molar-refractivity contribution in [2.75, 3.05) is 18.6 Å². The van der Waals surface area contributed by atoms with Crippen LogP contribution in [-0.2, 0) is 16.3 Å². The zero-order valence-electron chi connectivity index (χ0n) is 10.1. The molecule has 3 nitrogen and oxygen atoms in total. The number of hydrogen-bond acceptors (Lipinski definition) is 3. The molecule has 1 N–H and O–H groups in total. The molecule has 0 aliphatic heterocycles. The number of rotatable bonds is 6. The first-order chi connectivity index (χ1) is 7.87. The molecule has 0 aromatic heterocycles. The van der Waals surface area contributed by atoms with Crippen LogP contribution in [0.3, 0.4) is 0 Å². The van der Waals surface area contributed by atoms with Gasteiger partial charge in [-0.2, -0.15) is 0 Å². The largest absolute Gasteiger partial charge is 0.313 e. The molecule has 1 unspecified atom stereocenters. The summed E-state index contributed by atoms with van der Waals surface area (Å²) in [6, 6.07) is 6.51. The molecular weight excluding hydrogens is 241 g/mol. The SMILES string of the molecule is CC(Cc1ccc(F)cc1)NCCS(C)(=O)=O. The quantitative estimate of drug-likeness (QED) is 0.840. The van der Waals surface area contributed by atoms with Crippen LogP contribution in [0.15, 0.2) is 24.3 Å². The maximum atomic E-state index is 12.7. The van der Waals surface area contributed by atoms with Gasteiger partial charge in [0.25, 0.3) is 0 Å². The van der Waals surface area contributed by atoms with Crippen LogP contribution in [-0.4, -0.2) is 33.0 Å². The van der Waals surface area contributed by atoms with Crippen molar-refractivity contribution in [2.24, 2.45) is 0 Å². The Kier molecular flexibility index (Phi) is 5.08. The van der Waals surface area contributed by atoms with E-state index in [9.17, 15) is 12.8 Å². The van der Waals surface area contributed by atoms with Crippen LogP contribution in [0, 0.1) is 5.82 Å². The zero-order chi connectivity index (χ0) is 12.9. The molecule has 0 heterocycles. The third-order valence-corrected chi connectivity index (χ3v) is 3.37. The summed E-state index contributed by atoms with van der Waals surface area (Å²) in [5, 5.41) is 3.13. The molecular formula is C12H18FNO2S. The highest BCUT2D eigenvalue weighted by Crippen LogP contribution is 2.05. The minimum atomic E-state index is -2.91. The van der Waals surface area contributed by atoms with E-state index < -0.39 is 9.84 Å². The van der Waals surface area contributed by atoms with E-state index >= 15 is 0 Å². The predicted octanol–water partition coefficient (Wildman–Crippen LogP) is 1.39. The smallest absolute Gasteiger partial charge is 0.148 e. The first-order valence-corrected chi connectivity index (χ1v) is 7.58. The van der Waals surface area contributed by atoms with Gasteiger partial charge in [0.15, 0.2) is 0 Å². The maximum Gasteiger partial charge on any atom is 0.148 e. The molecule has 96 valence electrons. The lowest BCUT2D eigenvalue weighted by Crippen LogP contribution is -2.32. The van der Waals surface area contributed by atoms with Gasteiger partial charge in [-0.05, 0) is 31.0 Å². The number of sulfone groups is 1. The Morgan fingerprint density at radius 1 is 1.29 bits per heavy atom. The number of nitrogens with one attached hydrogen (secondary N) is 1. The third-order valence-electron chi connectivity index (χ3n) is 2.42. The fourth-order valence-electron chi connectivity index (χ4n) is 1.54. The number of hydrogen-bond donors (Lipinski definition) is 1. The van der Waals surface area contributed by atoms with E-state index in [4.69, 9.17) is 0 Å². The Balaban J connectivity index is 2.34. The minimum Gasteiger partial charge on any atom is -0.313 e. The van der Waals surface area contributed by atoms with Crippen LogP contribution in [0.4, 0.5) is 4.39 Å². The van der Waals surface area contributed by atoms with Crippen molar-refractivity contribution in [3.63, 3.8) is 0 Å². The van der Waals surface area contributed by atoms with E-state index in [1.165, 1.54) is 18.4 Å². The molecule has 0 radical (unpaired) electrons. The molecule has 5 heteroatoms. The molecule has 1 rings (SSSR count). The summed E-state index contributed by atoms with van der Waals surface area (Å²) in [4.78, 5) is 0. The van der Waals surface area contributed by atoms with E-state index in [-0.39, 0.29) is 17.6 Å². The average Bonchev–Trinajstić information content (AvgIpc) is 2.19. The Morgan fingerprint density at radius 3 is 2.41 bits per heavy atom. The fraction of sp³-hybridized carbons (Fsp3) is 0.500. The summed E-state index contributed by atoms with van der Waals surface area (Å²) in [5.41, 5.74) is 1.03. The van der Waals surface area contributed by atoms with Gasteiger partial charge in [0.2, 0.25) is 0 Å². The van der Waals surface area contributed by atoms with Gasteiger partial charge in [0.05, 0.1) is 5.75 Å². The van der Waals surface area contributed by atoms with Crippen LogP contribution in [0.2, 0.25) is 0 Å². The van der Waals surface area contributed by atoms with Crippen molar-refractivity contribution in [1.29, 1.82) is 0 Å². The molecule has 0 aliphatic rings. The first-order valence-electron chi connectivity index (χ1n) is 5.52. The summed E-state index contributed by atoms with van der Waals surface area (Å²) in [7, 11) is -2.91. The van der Waals surface area contributed by atoms with Crippen molar-refractivity contribution in [2.45, 2.75) is 19.4 Å². The van der Waals surface area contributed by atoms with Gasteiger partial charge < -0.3 is 5.32 Å². The first kappa shape index (κ1) is 14.1. The van der Waals surface area contributed by atoms with E-state index in [0.29, 0.717) is 6.54 Å². The molecule has 1 atom stereocenters. The van der Waals surface area contributed by atoms with Gasteiger partial charge in [-0.25, -0.2) is 12.8 Å². The molecule has 1 aromatic carbocycles. The molecule has 0 bridgehead atoms. The molecule has 0 fully saturated rings. The summed E-state index contributed by atoms with van der Waals surface area (Å²) in [6.07, 6.45) is 1.98. The Hall–Kier alpha value is -0.940. The van der Waals surface area contributed by atoms with Crippen LogP contribution >= 0.6 is 0 Å². The molecule has 0 spiro atoms. The molecule has 0 saturated carbocycles. The molecule has 0 aliphatic carbocycles. The highest BCUT2D eigenvalue weighted by atomic mass is 32.2. The van der Waals surface area contributed by atoms with E-state index in [0.717, 1.165) is 12.0 Å². The van der Waals surface area contributed by atoms with Crippen LogP contribution < -0.4 is 5.32 Å². The van der Waals surface area contributed by atoms with Crippen LogP contribution in [0.5, 0.6) is 0 Å². The van der Waals surface area contributed by atoms with Gasteiger partial charge in [-0.1, -0.05) is 12.1 Å². The Bertz CT molecular complexity index is 442. The monoisotopic (exact) mass is 259 g/mol. The topological polar surface area (TPSA) is 46.2 Å². The predicted molar refractivity (Wildman–Crippen MR) is 67.3 cm³/mol. The lowest BCUT2D eigenvalue weighted by Gasteiger charge is -2.13. The maximum absolute atomic E-state index is 12.7. The van der Waals surface area contributed by atoms with E-state index in [1.54, 1.807) is 12.1 Å². The summed E-state index contributed by atoms with van der Waals surface area (Å²) in [5.74, 6) is -0.104. The number of benzene rings is 1. The summed E-state index contributed by atoms with van der Waals surface area (Å²) >= 11 is 0. The molecule has 0 amide bonds. The van der Waals surface area contributed by atoms with Crippen molar-refractivity contribution >= 4 is 9.84 Å².